The Morgan fingerprint density at radius 1 is 1.17 bits per heavy atom. The van der Waals surface area contributed by atoms with Crippen LogP contribution in [0, 0.1) is 10.1 Å². The zero-order valence-corrected chi connectivity index (χ0v) is 12.0. The second-order valence-electron chi connectivity index (χ2n) is 4.99. The molecule has 0 aliphatic rings. The number of carbonyl (C=O) groups excluding carboxylic acids is 1. The van der Waals surface area contributed by atoms with Crippen molar-refractivity contribution >= 4 is 22.7 Å². The summed E-state index contributed by atoms with van der Waals surface area (Å²) in [6.45, 7) is 0. The minimum atomic E-state index is -0.835. The largest absolute Gasteiger partial charge is 0.426 e. The van der Waals surface area contributed by atoms with Crippen LogP contribution >= 0.6 is 0 Å². The highest BCUT2D eigenvalue weighted by Crippen LogP contribution is 2.20. The summed E-state index contributed by atoms with van der Waals surface area (Å²) in [5.74, 6) is -1.25. The molecule has 7 heteroatoms. The van der Waals surface area contributed by atoms with Gasteiger partial charge in [0.2, 0.25) is 5.91 Å². The number of nitro benzene ring substituents is 1. The Morgan fingerprint density at radius 3 is 2.61 bits per heavy atom. The molecule has 1 aromatic heterocycles. The number of nitrogens with zero attached hydrogens (tertiary/aromatic N) is 2. The number of benzene rings is 2. The van der Waals surface area contributed by atoms with Gasteiger partial charge in [0.05, 0.1) is 16.5 Å². The molecule has 0 aliphatic heterocycles. The van der Waals surface area contributed by atoms with Crippen LogP contribution in [0.1, 0.15) is 16.8 Å². The van der Waals surface area contributed by atoms with Crippen molar-refractivity contribution in [3.05, 3.63) is 74.8 Å². The SMILES string of the molecule is O=C(CCc1ccccc1)n1c(=O)oc2cc([N+](=O)[O-])ccc21. The molecular formula is C16H12N2O5. The van der Waals surface area contributed by atoms with Gasteiger partial charge < -0.3 is 4.42 Å². The highest BCUT2D eigenvalue weighted by Gasteiger charge is 2.18. The third-order valence-corrected chi connectivity index (χ3v) is 3.49. The van der Waals surface area contributed by atoms with Gasteiger partial charge in [0.1, 0.15) is 0 Å². The topological polar surface area (TPSA) is 95.3 Å². The van der Waals surface area contributed by atoms with Crippen molar-refractivity contribution in [3.63, 3.8) is 0 Å². The molecule has 1 heterocycles. The molecule has 0 unspecified atom stereocenters. The van der Waals surface area contributed by atoms with Gasteiger partial charge in [0, 0.05) is 12.5 Å². The normalized spacial score (nSPS) is 10.8. The van der Waals surface area contributed by atoms with Gasteiger partial charge in [-0.3, -0.25) is 14.9 Å². The summed E-state index contributed by atoms with van der Waals surface area (Å²) in [5.41, 5.74) is 1.04. The number of oxazole rings is 1. The lowest BCUT2D eigenvalue weighted by atomic mass is 10.1. The molecule has 0 radical (unpaired) electrons. The molecule has 116 valence electrons. The Hall–Kier alpha value is -3.22. The van der Waals surface area contributed by atoms with Crippen molar-refractivity contribution in [2.24, 2.45) is 0 Å². The molecule has 7 nitrogen and oxygen atoms in total. The molecule has 0 atom stereocenters. The number of non-ortho nitro benzene ring substituents is 1. The second-order valence-corrected chi connectivity index (χ2v) is 4.99. The smallest absolute Gasteiger partial charge is 0.407 e. The third kappa shape index (κ3) is 2.89. The predicted octanol–water partition coefficient (Wildman–Crippen LogP) is 2.78. The number of nitro groups is 1. The van der Waals surface area contributed by atoms with E-state index in [2.05, 4.69) is 0 Å². The van der Waals surface area contributed by atoms with Gasteiger partial charge in [0.25, 0.3) is 5.69 Å². The minimum Gasteiger partial charge on any atom is -0.407 e. The van der Waals surface area contributed by atoms with E-state index in [-0.39, 0.29) is 23.2 Å². The van der Waals surface area contributed by atoms with Crippen LogP contribution in [-0.4, -0.2) is 15.4 Å². The number of rotatable bonds is 4. The highest BCUT2D eigenvalue weighted by molar-refractivity contribution is 5.89. The van der Waals surface area contributed by atoms with Crippen LogP contribution in [0.2, 0.25) is 0 Å². The lowest BCUT2D eigenvalue weighted by molar-refractivity contribution is -0.384. The van der Waals surface area contributed by atoms with E-state index >= 15 is 0 Å². The van der Waals surface area contributed by atoms with Gasteiger partial charge in [-0.05, 0) is 18.1 Å². The Balaban J connectivity index is 1.90. The van der Waals surface area contributed by atoms with Gasteiger partial charge in [-0.1, -0.05) is 30.3 Å². The molecule has 23 heavy (non-hydrogen) atoms. The van der Waals surface area contributed by atoms with Crippen LogP contribution in [0.3, 0.4) is 0 Å². The van der Waals surface area contributed by atoms with Crippen LogP contribution in [0.4, 0.5) is 5.69 Å². The van der Waals surface area contributed by atoms with Crippen molar-refractivity contribution < 1.29 is 14.1 Å². The molecule has 0 saturated carbocycles. The first-order chi connectivity index (χ1) is 11.1. The van der Waals surface area contributed by atoms with Crippen LogP contribution in [0.5, 0.6) is 0 Å². The van der Waals surface area contributed by atoms with E-state index in [0.29, 0.717) is 6.42 Å². The number of aryl methyl sites for hydroxylation is 1. The van der Waals surface area contributed by atoms with E-state index in [1.807, 2.05) is 30.3 Å². The van der Waals surface area contributed by atoms with E-state index < -0.39 is 16.6 Å². The molecule has 0 saturated heterocycles. The van der Waals surface area contributed by atoms with Crippen molar-refractivity contribution in [3.8, 4) is 0 Å². The van der Waals surface area contributed by atoms with Crippen LogP contribution < -0.4 is 5.76 Å². The molecule has 0 fully saturated rings. The first kappa shape index (κ1) is 14.7. The maximum atomic E-state index is 12.3. The standard InChI is InChI=1S/C16H12N2O5/c19-15(9-6-11-4-2-1-3-5-11)17-13-8-7-12(18(21)22)10-14(13)23-16(17)20/h1-5,7-8,10H,6,9H2. The summed E-state index contributed by atoms with van der Waals surface area (Å²) in [7, 11) is 0. The molecule has 0 aliphatic carbocycles. The summed E-state index contributed by atoms with van der Waals surface area (Å²) in [5, 5.41) is 10.7. The number of carbonyl (C=O) groups is 1. The van der Waals surface area contributed by atoms with Crippen LogP contribution in [0.15, 0.2) is 57.7 Å². The monoisotopic (exact) mass is 312 g/mol. The van der Waals surface area contributed by atoms with Crippen LogP contribution in [-0.2, 0) is 6.42 Å². The fourth-order valence-corrected chi connectivity index (χ4v) is 2.36. The number of aromatic nitrogens is 1. The zero-order chi connectivity index (χ0) is 16.4. The molecule has 3 rings (SSSR count). The van der Waals surface area contributed by atoms with E-state index in [9.17, 15) is 19.7 Å². The van der Waals surface area contributed by atoms with E-state index in [1.165, 1.54) is 12.1 Å². The maximum absolute atomic E-state index is 12.3. The molecule has 0 N–H and O–H groups in total. The predicted molar refractivity (Wildman–Crippen MR) is 82.5 cm³/mol. The summed E-state index contributed by atoms with van der Waals surface area (Å²) < 4.78 is 5.86. The number of fused-ring (bicyclic) bond motifs is 1. The first-order valence-corrected chi connectivity index (χ1v) is 6.93. The van der Waals surface area contributed by atoms with E-state index in [1.54, 1.807) is 0 Å². The van der Waals surface area contributed by atoms with Gasteiger partial charge in [0.15, 0.2) is 5.58 Å². The average Bonchev–Trinajstić information content (AvgIpc) is 2.88. The van der Waals surface area contributed by atoms with E-state index in [0.717, 1.165) is 16.2 Å². The third-order valence-electron chi connectivity index (χ3n) is 3.49. The minimum absolute atomic E-state index is 0.0252. The van der Waals surface area contributed by atoms with Gasteiger partial charge >= 0.3 is 5.76 Å². The van der Waals surface area contributed by atoms with Crippen molar-refractivity contribution in [1.82, 2.24) is 4.57 Å². The molecule has 0 spiro atoms. The molecule has 0 amide bonds. The second kappa shape index (κ2) is 5.88. The first-order valence-electron chi connectivity index (χ1n) is 6.93. The summed E-state index contributed by atoms with van der Waals surface area (Å²) in [6.07, 6.45) is 0.626. The fourth-order valence-electron chi connectivity index (χ4n) is 2.36. The lowest BCUT2D eigenvalue weighted by Crippen LogP contribution is -2.22. The van der Waals surface area contributed by atoms with Gasteiger partial charge in [-0.2, -0.15) is 0 Å². The van der Waals surface area contributed by atoms with Gasteiger partial charge in [-0.15, -0.1) is 0 Å². The van der Waals surface area contributed by atoms with Crippen molar-refractivity contribution in [2.45, 2.75) is 12.8 Å². The van der Waals surface area contributed by atoms with Crippen molar-refractivity contribution in [1.29, 1.82) is 0 Å². The average molecular weight is 312 g/mol. The summed E-state index contributed by atoms with van der Waals surface area (Å²) in [4.78, 5) is 34.3. The highest BCUT2D eigenvalue weighted by atomic mass is 16.6. The van der Waals surface area contributed by atoms with Crippen LogP contribution in [0.25, 0.3) is 11.1 Å². The zero-order valence-electron chi connectivity index (χ0n) is 12.0. The maximum Gasteiger partial charge on any atom is 0.426 e. The molecular weight excluding hydrogens is 300 g/mol. The quantitative estimate of drug-likeness (QED) is 0.545. The lowest BCUT2D eigenvalue weighted by Gasteiger charge is -2.02. The Kier molecular flexibility index (Phi) is 3.76. The Morgan fingerprint density at radius 2 is 1.91 bits per heavy atom. The summed E-state index contributed by atoms with van der Waals surface area (Å²) >= 11 is 0. The Labute approximate surface area is 129 Å². The number of hydrogen-bond acceptors (Lipinski definition) is 5. The molecule has 0 bridgehead atoms. The van der Waals surface area contributed by atoms with Crippen molar-refractivity contribution in [2.75, 3.05) is 0 Å². The fraction of sp³-hybridized carbons (Fsp3) is 0.125. The Bertz CT molecular complexity index is 940. The molecule has 3 aromatic rings. The van der Waals surface area contributed by atoms with E-state index in [4.69, 9.17) is 4.42 Å². The number of hydrogen-bond donors (Lipinski definition) is 0. The molecule has 2 aromatic carbocycles. The summed E-state index contributed by atoms with van der Waals surface area (Å²) in [6, 6.07) is 13.1. The van der Waals surface area contributed by atoms with Gasteiger partial charge in [-0.25, -0.2) is 9.36 Å².